The predicted octanol–water partition coefficient (Wildman–Crippen LogP) is 3.39. The minimum atomic E-state index is 0.297. The standard InChI is InChI=1S/C13H23NOS/c1-5-11-7-8-16-13(11)12(14-6-2)9-15-10(3)4/h7-8,10,12,14H,5-6,9H2,1-4H3. The van der Waals surface area contributed by atoms with E-state index < -0.39 is 0 Å². The van der Waals surface area contributed by atoms with Crippen molar-refractivity contribution in [2.75, 3.05) is 13.2 Å². The Morgan fingerprint density at radius 3 is 2.69 bits per heavy atom. The van der Waals surface area contributed by atoms with Gasteiger partial charge in [-0.15, -0.1) is 11.3 Å². The zero-order chi connectivity index (χ0) is 12.0. The molecule has 0 fully saturated rings. The van der Waals surface area contributed by atoms with Gasteiger partial charge >= 0.3 is 0 Å². The van der Waals surface area contributed by atoms with Gasteiger partial charge in [-0.05, 0) is 43.8 Å². The van der Waals surface area contributed by atoms with Crippen molar-refractivity contribution in [3.63, 3.8) is 0 Å². The van der Waals surface area contributed by atoms with Crippen molar-refractivity contribution in [2.45, 2.75) is 46.3 Å². The van der Waals surface area contributed by atoms with Gasteiger partial charge in [0.1, 0.15) is 0 Å². The minimum absolute atomic E-state index is 0.297. The van der Waals surface area contributed by atoms with Gasteiger partial charge in [0, 0.05) is 4.88 Å². The normalized spacial score (nSPS) is 13.3. The van der Waals surface area contributed by atoms with Gasteiger partial charge in [-0.1, -0.05) is 13.8 Å². The highest BCUT2D eigenvalue weighted by Crippen LogP contribution is 2.25. The van der Waals surface area contributed by atoms with Gasteiger partial charge in [-0.3, -0.25) is 0 Å². The van der Waals surface area contributed by atoms with Gasteiger partial charge in [-0.25, -0.2) is 0 Å². The molecule has 0 amide bonds. The zero-order valence-electron chi connectivity index (χ0n) is 10.7. The van der Waals surface area contributed by atoms with E-state index in [9.17, 15) is 0 Å². The first-order valence-electron chi connectivity index (χ1n) is 6.10. The lowest BCUT2D eigenvalue weighted by Gasteiger charge is -2.19. The Kier molecular flexibility index (Phi) is 6.03. The number of thiophene rings is 1. The molecule has 1 rings (SSSR count). The van der Waals surface area contributed by atoms with E-state index in [2.05, 4.69) is 44.5 Å². The van der Waals surface area contributed by atoms with Crippen LogP contribution < -0.4 is 5.32 Å². The van der Waals surface area contributed by atoms with Crippen molar-refractivity contribution < 1.29 is 4.74 Å². The molecule has 1 aromatic rings. The molecule has 0 bridgehead atoms. The summed E-state index contributed by atoms with van der Waals surface area (Å²) in [6.45, 7) is 10.3. The summed E-state index contributed by atoms with van der Waals surface area (Å²) in [5.74, 6) is 0. The maximum Gasteiger partial charge on any atom is 0.0673 e. The molecule has 1 unspecified atom stereocenters. The Morgan fingerprint density at radius 2 is 2.12 bits per heavy atom. The highest BCUT2D eigenvalue weighted by Gasteiger charge is 2.15. The lowest BCUT2D eigenvalue weighted by Crippen LogP contribution is -2.26. The number of aryl methyl sites for hydroxylation is 1. The first kappa shape index (κ1) is 13.7. The molecule has 0 saturated heterocycles. The van der Waals surface area contributed by atoms with Crippen LogP contribution in [0, 0.1) is 0 Å². The second-order valence-corrected chi connectivity index (χ2v) is 5.10. The number of hydrogen-bond donors (Lipinski definition) is 1. The van der Waals surface area contributed by atoms with Crippen molar-refractivity contribution in [1.82, 2.24) is 5.32 Å². The van der Waals surface area contributed by atoms with Crippen LogP contribution in [0.1, 0.15) is 44.2 Å². The van der Waals surface area contributed by atoms with E-state index in [1.165, 1.54) is 10.4 Å². The summed E-state index contributed by atoms with van der Waals surface area (Å²) >= 11 is 1.83. The second-order valence-electron chi connectivity index (χ2n) is 4.16. The summed E-state index contributed by atoms with van der Waals surface area (Å²) < 4.78 is 5.72. The van der Waals surface area contributed by atoms with E-state index in [1.54, 1.807) is 0 Å². The lowest BCUT2D eigenvalue weighted by atomic mass is 10.1. The summed E-state index contributed by atoms with van der Waals surface area (Å²) in [6.07, 6.45) is 1.40. The third kappa shape index (κ3) is 3.89. The summed E-state index contributed by atoms with van der Waals surface area (Å²) in [7, 11) is 0. The van der Waals surface area contributed by atoms with Crippen LogP contribution in [0.2, 0.25) is 0 Å². The fourth-order valence-electron chi connectivity index (χ4n) is 1.71. The first-order valence-corrected chi connectivity index (χ1v) is 6.98. The largest absolute Gasteiger partial charge is 0.377 e. The molecule has 0 spiro atoms. The fourth-order valence-corrected chi connectivity index (χ4v) is 2.77. The topological polar surface area (TPSA) is 21.3 Å². The van der Waals surface area contributed by atoms with E-state index in [-0.39, 0.29) is 0 Å². The summed E-state index contributed by atoms with van der Waals surface area (Å²) in [5, 5.41) is 5.67. The molecule has 1 N–H and O–H groups in total. The average molecular weight is 241 g/mol. The number of hydrogen-bond acceptors (Lipinski definition) is 3. The molecular formula is C13H23NOS. The van der Waals surface area contributed by atoms with Crippen molar-refractivity contribution in [1.29, 1.82) is 0 Å². The molecular weight excluding hydrogens is 218 g/mol. The van der Waals surface area contributed by atoms with Crippen molar-refractivity contribution in [2.24, 2.45) is 0 Å². The zero-order valence-corrected chi connectivity index (χ0v) is 11.6. The SMILES string of the molecule is CCNC(COC(C)C)c1sccc1CC. The summed E-state index contributed by atoms with van der Waals surface area (Å²) in [6, 6.07) is 2.57. The number of likely N-dealkylation sites (N-methyl/N-ethyl adjacent to an activating group) is 1. The quantitative estimate of drug-likeness (QED) is 0.790. The number of ether oxygens (including phenoxy) is 1. The summed E-state index contributed by atoms with van der Waals surface area (Å²) in [4.78, 5) is 1.44. The molecule has 0 aromatic carbocycles. The van der Waals surface area contributed by atoms with Crippen LogP contribution in [0.3, 0.4) is 0 Å². The molecule has 0 radical (unpaired) electrons. The molecule has 0 aliphatic rings. The van der Waals surface area contributed by atoms with Gasteiger partial charge in [0.15, 0.2) is 0 Å². The third-order valence-electron chi connectivity index (χ3n) is 2.52. The van der Waals surface area contributed by atoms with Crippen LogP contribution in [-0.4, -0.2) is 19.3 Å². The van der Waals surface area contributed by atoms with Gasteiger partial charge < -0.3 is 10.1 Å². The molecule has 16 heavy (non-hydrogen) atoms. The minimum Gasteiger partial charge on any atom is -0.377 e. The van der Waals surface area contributed by atoms with Crippen LogP contribution >= 0.6 is 11.3 Å². The first-order chi connectivity index (χ1) is 7.69. The maximum atomic E-state index is 5.72. The summed E-state index contributed by atoms with van der Waals surface area (Å²) in [5.41, 5.74) is 1.45. The van der Waals surface area contributed by atoms with E-state index in [1.807, 2.05) is 11.3 Å². The fraction of sp³-hybridized carbons (Fsp3) is 0.692. The van der Waals surface area contributed by atoms with Crippen LogP contribution in [-0.2, 0) is 11.2 Å². The monoisotopic (exact) mass is 241 g/mol. The van der Waals surface area contributed by atoms with Crippen LogP contribution in [0.25, 0.3) is 0 Å². The van der Waals surface area contributed by atoms with Crippen molar-refractivity contribution in [3.05, 3.63) is 21.9 Å². The van der Waals surface area contributed by atoms with E-state index in [0.29, 0.717) is 12.1 Å². The second kappa shape index (κ2) is 7.05. The van der Waals surface area contributed by atoms with Gasteiger partial charge in [-0.2, -0.15) is 0 Å². The molecule has 2 nitrogen and oxygen atoms in total. The average Bonchev–Trinajstić information content (AvgIpc) is 2.71. The molecule has 1 aromatic heterocycles. The molecule has 1 atom stereocenters. The molecule has 0 aliphatic heterocycles. The molecule has 92 valence electrons. The van der Waals surface area contributed by atoms with E-state index in [0.717, 1.165) is 19.6 Å². The van der Waals surface area contributed by atoms with E-state index >= 15 is 0 Å². The van der Waals surface area contributed by atoms with Crippen LogP contribution in [0.4, 0.5) is 0 Å². The Hall–Kier alpha value is -0.380. The Morgan fingerprint density at radius 1 is 1.38 bits per heavy atom. The Balaban J connectivity index is 2.68. The lowest BCUT2D eigenvalue weighted by molar-refractivity contribution is 0.0619. The molecule has 3 heteroatoms. The predicted molar refractivity (Wildman–Crippen MR) is 71.2 cm³/mol. The Labute approximate surface area is 103 Å². The highest BCUT2D eigenvalue weighted by molar-refractivity contribution is 7.10. The van der Waals surface area contributed by atoms with Gasteiger partial charge in [0.2, 0.25) is 0 Å². The van der Waals surface area contributed by atoms with Crippen molar-refractivity contribution in [3.8, 4) is 0 Å². The molecule has 1 heterocycles. The van der Waals surface area contributed by atoms with Crippen molar-refractivity contribution >= 4 is 11.3 Å². The van der Waals surface area contributed by atoms with Gasteiger partial charge in [0.05, 0.1) is 18.8 Å². The van der Waals surface area contributed by atoms with E-state index in [4.69, 9.17) is 4.74 Å². The number of rotatable bonds is 7. The smallest absolute Gasteiger partial charge is 0.0673 e. The highest BCUT2D eigenvalue weighted by atomic mass is 32.1. The number of nitrogens with one attached hydrogen (secondary N) is 1. The molecule has 0 aliphatic carbocycles. The van der Waals surface area contributed by atoms with Gasteiger partial charge in [0.25, 0.3) is 0 Å². The molecule has 0 saturated carbocycles. The maximum absolute atomic E-state index is 5.72. The Bertz CT molecular complexity index is 296. The van der Waals surface area contributed by atoms with Crippen LogP contribution in [0.5, 0.6) is 0 Å². The third-order valence-corrected chi connectivity index (χ3v) is 3.60. The van der Waals surface area contributed by atoms with Crippen LogP contribution in [0.15, 0.2) is 11.4 Å².